The minimum absolute atomic E-state index is 0.666. The van der Waals surface area contributed by atoms with Crippen LogP contribution in [0.1, 0.15) is 19.3 Å². The van der Waals surface area contributed by atoms with Crippen molar-refractivity contribution in [2.45, 2.75) is 28.9 Å². The van der Waals surface area contributed by atoms with Crippen LogP contribution < -0.4 is 8.92 Å². The minimum atomic E-state index is 0.666. The van der Waals surface area contributed by atoms with E-state index in [1.165, 1.54) is 19.3 Å². The van der Waals surface area contributed by atoms with Crippen LogP contribution >= 0.6 is 0 Å². The molecule has 0 aliphatic heterocycles. The molecule has 0 bridgehead atoms. The SMILES string of the molecule is c1ccc([Se][C@@H]2CCC[C@H]2[Se]c2ccccc2)cc1. The number of benzene rings is 2. The van der Waals surface area contributed by atoms with Gasteiger partial charge in [0.1, 0.15) is 0 Å². The molecule has 0 radical (unpaired) electrons. The molecule has 2 aromatic rings. The summed E-state index contributed by atoms with van der Waals surface area (Å²) in [4.78, 5) is 1.94. The molecule has 2 atom stereocenters. The predicted octanol–water partition coefficient (Wildman–Crippen LogP) is 2.81. The van der Waals surface area contributed by atoms with Crippen molar-refractivity contribution in [1.29, 1.82) is 0 Å². The average Bonchev–Trinajstić information content (AvgIpc) is 2.88. The monoisotopic (exact) mass is 382 g/mol. The van der Waals surface area contributed by atoms with Crippen molar-refractivity contribution in [3.8, 4) is 0 Å². The van der Waals surface area contributed by atoms with Gasteiger partial charge in [-0.25, -0.2) is 0 Å². The van der Waals surface area contributed by atoms with Crippen LogP contribution in [0.15, 0.2) is 60.7 Å². The number of rotatable bonds is 4. The van der Waals surface area contributed by atoms with Crippen LogP contribution in [-0.2, 0) is 0 Å². The zero-order chi connectivity index (χ0) is 12.9. The third kappa shape index (κ3) is 3.74. The first-order chi connectivity index (χ1) is 9.42. The van der Waals surface area contributed by atoms with E-state index in [1.807, 2.05) is 0 Å². The summed E-state index contributed by atoms with van der Waals surface area (Å²) in [6.07, 6.45) is 4.35. The van der Waals surface area contributed by atoms with Crippen LogP contribution in [0.3, 0.4) is 0 Å². The van der Waals surface area contributed by atoms with Crippen LogP contribution in [0, 0.1) is 0 Å². The molecular formula is C17H18Se2. The van der Waals surface area contributed by atoms with E-state index in [2.05, 4.69) is 60.7 Å². The van der Waals surface area contributed by atoms with Crippen molar-refractivity contribution in [3.05, 3.63) is 60.7 Å². The first kappa shape index (κ1) is 13.5. The van der Waals surface area contributed by atoms with E-state index in [0.717, 1.165) is 9.63 Å². The molecule has 0 unspecified atom stereocenters. The van der Waals surface area contributed by atoms with Gasteiger partial charge in [0, 0.05) is 0 Å². The van der Waals surface area contributed by atoms with Gasteiger partial charge in [-0.05, 0) is 0 Å². The Hall–Kier alpha value is -0.521. The van der Waals surface area contributed by atoms with Crippen molar-refractivity contribution < 1.29 is 0 Å². The van der Waals surface area contributed by atoms with Crippen molar-refractivity contribution in [1.82, 2.24) is 0 Å². The Kier molecular flexibility index (Phi) is 4.80. The Morgan fingerprint density at radius 3 is 1.47 bits per heavy atom. The van der Waals surface area contributed by atoms with Gasteiger partial charge in [0.15, 0.2) is 0 Å². The molecule has 19 heavy (non-hydrogen) atoms. The van der Waals surface area contributed by atoms with E-state index in [1.54, 1.807) is 8.92 Å². The van der Waals surface area contributed by atoms with Crippen molar-refractivity contribution in [2.75, 3.05) is 0 Å². The second-order valence-corrected chi connectivity index (χ2v) is 10.4. The van der Waals surface area contributed by atoms with Crippen LogP contribution in [0.4, 0.5) is 0 Å². The fraction of sp³-hybridized carbons (Fsp3) is 0.294. The summed E-state index contributed by atoms with van der Waals surface area (Å²) < 4.78 is 3.16. The van der Waals surface area contributed by atoms with Crippen LogP contribution in [0.25, 0.3) is 0 Å². The molecule has 0 amide bonds. The molecule has 1 saturated carbocycles. The zero-order valence-corrected chi connectivity index (χ0v) is 14.3. The predicted molar refractivity (Wildman–Crippen MR) is 85.0 cm³/mol. The van der Waals surface area contributed by atoms with Crippen LogP contribution in [0.2, 0.25) is 9.63 Å². The summed E-state index contributed by atoms with van der Waals surface area (Å²) in [5.41, 5.74) is 0. The Balaban J connectivity index is 1.65. The first-order valence-corrected chi connectivity index (χ1v) is 10.5. The third-order valence-electron chi connectivity index (χ3n) is 3.45. The van der Waals surface area contributed by atoms with E-state index in [0.29, 0.717) is 29.9 Å². The van der Waals surface area contributed by atoms with Gasteiger partial charge < -0.3 is 0 Å². The fourth-order valence-corrected chi connectivity index (χ4v) is 8.91. The first-order valence-electron chi connectivity index (χ1n) is 6.85. The molecule has 0 aromatic heterocycles. The van der Waals surface area contributed by atoms with E-state index in [9.17, 15) is 0 Å². The van der Waals surface area contributed by atoms with Gasteiger partial charge in [-0.2, -0.15) is 0 Å². The van der Waals surface area contributed by atoms with Crippen LogP contribution in [-0.4, -0.2) is 29.9 Å². The van der Waals surface area contributed by atoms with E-state index in [4.69, 9.17) is 0 Å². The van der Waals surface area contributed by atoms with E-state index < -0.39 is 0 Å². The summed E-state index contributed by atoms with van der Waals surface area (Å²) in [5, 5.41) is 0. The van der Waals surface area contributed by atoms with Gasteiger partial charge in [0.25, 0.3) is 0 Å². The van der Waals surface area contributed by atoms with Gasteiger partial charge in [0.2, 0.25) is 0 Å². The average molecular weight is 380 g/mol. The molecule has 1 aliphatic rings. The molecule has 2 heteroatoms. The van der Waals surface area contributed by atoms with Crippen molar-refractivity contribution >= 4 is 38.8 Å². The Bertz CT molecular complexity index is 448. The standard InChI is InChI=1S/C17H18Se2/c1-3-8-14(9-4-1)18-16-12-7-13-17(16)19-15-10-5-2-6-11-15/h1-6,8-11,16-17H,7,12-13H2/t16-,17-/m1/s1. The maximum absolute atomic E-state index is 2.31. The van der Waals surface area contributed by atoms with E-state index in [-0.39, 0.29) is 0 Å². The molecule has 1 fully saturated rings. The second-order valence-electron chi connectivity index (χ2n) is 4.87. The van der Waals surface area contributed by atoms with Gasteiger partial charge in [-0.15, -0.1) is 0 Å². The van der Waals surface area contributed by atoms with Crippen molar-refractivity contribution in [2.24, 2.45) is 0 Å². The van der Waals surface area contributed by atoms with Crippen LogP contribution in [0.5, 0.6) is 0 Å². The molecule has 1 aliphatic carbocycles. The summed E-state index contributed by atoms with van der Waals surface area (Å²) in [5.74, 6) is 0. The van der Waals surface area contributed by atoms with Gasteiger partial charge in [-0.3, -0.25) is 0 Å². The number of hydrogen-bond donors (Lipinski definition) is 0. The van der Waals surface area contributed by atoms with Gasteiger partial charge in [-0.1, -0.05) is 0 Å². The second kappa shape index (κ2) is 6.77. The summed E-state index contributed by atoms with van der Waals surface area (Å²) in [6.45, 7) is 0. The maximum atomic E-state index is 2.31. The molecule has 98 valence electrons. The molecule has 0 spiro atoms. The quantitative estimate of drug-likeness (QED) is 0.716. The summed E-state index contributed by atoms with van der Waals surface area (Å²) in [7, 11) is 0. The molecule has 3 rings (SSSR count). The van der Waals surface area contributed by atoms with E-state index >= 15 is 0 Å². The molecule has 0 heterocycles. The zero-order valence-electron chi connectivity index (χ0n) is 10.9. The summed E-state index contributed by atoms with van der Waals surface area (Å²) >= 11 is 1.33. The molecule has 0 saturated heterocycles. The number of hydrogen-bond acceptors (Lipinski definition) is 0. The topological polar surface area (TPSA) is 0 Å². The fourth-order valence-electron chi connectivity index (χ4n) is 2.51. The van der Waals surface area contributed by atoms with Gasteiger partial charge in [0.05, 0.1) is 0 Å². The Labute approximate surface area is 128 Å². The Morgan fingerprint density at radius 2 is 1.05 bits per heavy atom. The molecule has 0 N–H and O–H groups in total. The molecule has 0 nitrogen and oxygen atoms in total. The Morgan fingerprint density at radius 1 is 0.632 bits per heavy atom. The van der Waals surface area contributed by atoms with Crippen molar-refractivity contribution in [3.63, 3.8) is 0 Å². The summed E-state index contributed by atoms with van der Waals surface area (Å²) in [6, 6.07) is 22.2. The van der Waals surface area contributed by atoms with Gasteiger partial charge >= 0.3 is 128 Å². The normalized spacial score (nSPS) is 22.5. The molecule has 2 aromatic carbocycles. The third-order valence-corrected chi connectivity index (χ3v) is 10.2. The molecular weight excluding hydrogens is 362 g/mol.